The lowest BCUT2D eigenvalue weighted by Gasteiger charge is -2.21. The van der Waals surface area contributed by atoms with Crippen molar-refractivity contribution in [3.05, 3.63) is 109 Å². The zero-order valence-electron chi connectivity index (χ0n) is 64.3. The van der Waals surface area contributed by atoms with Crippen LogP contribution >= 0.6 is 15.6 Å². The predicted molar refractivity (Wildman–Crippen MR) is 418 cm³/mol. The normalized spacial score (nSPS) is 14.5. The molecule has 0 aromatic heterocycles. The SMILES string of the molecule is CC/C=C\C/C=C\C/C=C\C/C=C\CCCCCCCCC(=O)OCC(COP(=O)(O)OCC(O)COP(=O)(O)OCC(COC(=O)CCCCCCC/C=C\CCCCCCCC)OC(=O)CCCCCCC/C=C\CCCCCC)OC(=O)CCCCCCC/C=C\C/C=C\C/C=C\CC. The van der Waals surface area contributed by atoms with E-state index in [0.717, 1.165) is 193 Å². The minimum absolute atomic E-state index is 0.0705. The molecule has 5 unspecified atom stereocenters. The maximum absolute atomic E-state index is 13.1. The molecule has 0 bridgehead atoms. The molecule has 0 radical (unpaired) electrons. The summed E-state index contributed by atoms with van der Waals surface area (Å²) >= 11 is 0. The van der Waals surface area contributed by atoms with E-state index < -0.39 is 97.5 Å². The van der Waals surface area contributed by atoms with Gasteiger partial charge in [-0.25, -0.2) is 9.13 Å². The lowest BCUT2D eigenvalue weighted by Crippen LogP contribution is -2.30. The summed E-state index contributed by atoms with van der Waals surface area (Å²) in [6.45, 7) is 4.61. The van der Waals surface area contributed by atoms with E-state index in [1.807, 2.05) is 0 Å². The van der Waals surface area contributed by atoms with Crippen molar-refractivity contribution in [1.29, 1.82) is 0 Å². The first-order chi connectivity index (χ1) is 49.7. The highest BCUT2D eigenvalue weighted by Crippen LogP contribution is 2.45. The van der Waals surface area contributed by atoms with Gasteiger partial charge in [-0.15, -0.1) is 0 Å². The highest BCUT2D eigenvalue weighted by atomic mass is 31.2. The summed E-state index contributed by atoms with van der Waals surface area (Å²) in [5.74, 6) is -2.21. The quantitative estimate of drug-likeness (QED) is 0.0169. The first-order valence-corrected chi connectivity index (χ1v) is 43.1. The van der Waals surface area contributed by atoms with E-state index in [1.165, 1.54) is 64.2 Å². The molecule has 0 spiro atoms. The van der Waals surface area contributed by atoms with E-state index in [9.17, 15) is 43.2 Å². The molecule has 0 aliphatic carbocycles. The van der Waals surface area contributed by atoms with Crippen molar-refractivity contribution in [2.45, 2.75) is 354 Å². The van der Waals surface area contributed by atoms with Gasteiger partial charge in [0.25, 0.3) is 0 Å². The maximum Gasteiger partial charge on any atom is 0.472 e. The maximum atomic E-state index is 13.1. The van der Waals surface area contributed by atoms with Crippen LogP contribution in [0, 0.1) is 0 Å². The Morgan fingerprint density at radius 1 is 0.284 bits per heavy atom. The number of allylic oxidation sites excluding steroid dienone is 18. The van der Waals surface area contributed by atoms with Crippen LogP contribution in [-0.4, -0.2) is 96.7 Å². The molecule has 0 saturated carbocycles. The number of unbranched alkanes of at least 4 members (excludes halogenated alkanes) is 31. The van der Waals surface area contributed by atoms with Crippen LogP contribution in [0.1, 0.15) is 336 Å². The van der Waals surface area contributed by atoms with Crippen molar-refractivity contribution in [3.8, 4) is 0 Å². The van der Waals surface area contributed by atoms with Gasteiger partial charge >= 0.3 is 39.5 Å². The van der Waals surface area contributed by atoms with E-state index in [4.69, 9.17) is 37.0 Å². The largest absolute Gasteiger partial charge is 0.472 e. The summed E-state index contributed by atoms with van der Waals surface area (Å²) in [6, 6.07) is 0. The van der Waals surface area contributed by atoms with Gasteiger partial charge in [-0.3, -0.25) is 37.3 Å². The minimum atomic E-state index is -4.99. The van der Waals surface area contributed by atoms with Gasteiger partial charge in [0.2, 0.25) is 0 Å². The molecule has 0 amide bonds. The molecule has 588 valence electrons. The van der Waals surface area contributed by atoms with Crippen LogP contribution in [0.15, 0.2) is 109 Å². The number of hydrogen-bond acceptors (Lipinski definition) is 15. The first kappa shape index (κ1) is 97.7. The van der Waals surface area contributed by atoms with Crippen molar-refractivity contribution in [3.63, 3.8) is 0 Å². The molecule has 0 rings (SSSR count). The molecule has 0 heterocycles. The number of carbonyl (C=O) groups is 4. The standard InChI is InChI=1S/C83H144O17P2/c1-5-9-13-17-21-25-29-33-36-37-38-39-42-45-48-52-56-60-64-68-81(86)94-74-79(100-83(88)70-66-62-58-54-50-46-41-35-31-27-23-19-15-11-7-3)76-98-102(91,92)96-72-77(84)71-95-101(89,90)97-75-78(99-82(87)69-65-61-57-53-49-43-32-28-24-20-16-12-8-4)73-93-80(85)67-63-59-55-51-47-44-40-34-30-26-22-18-14-10-6-2/h9,11,13,15,21,23,25,27-28,32-36,38-41,77-79,84H,5-8,10,12,14,16-20,22,24,26,29-31,37,42-76H2,1-4H3,(H,89,90)(H,91,92)/b13-9-,15-11-,25-21-,27-23-,32-28-,36-33-,39-38-,40-34-,41-35-. The molecular formula is C83H144O17P2. The third-order valence-corrected chi connectivity index (χ3v) is 18.6. The zero-order chi connectivity index (χ0) is 74.6. The molecule has 0 fully saturated rings. The summed E-state index contributed by atoms with van der Waals surface area (Å²) in [5.41, 5.74) is 0. The van der Waals surface area contributed by atoms with E-state index in [-0.39, 0.29) is 25.7 Å². The summed E-state index contributed by atoms with van der Waals surface area (Å²) < 4.78 is 68.6. The third kappa shape index (κ3) is 74.0. The van der Waals surface area contributed by atoms with E-state index >= 15 is 0 Å². The second kappa shape index (κ2) is 75.0. The molecule has 0 aromatic rings. The van der Waals surface area contributed by atoms with Crippen molar-refractivity contribution in [2.75, 3.05) is 39.6 Å². The van der Waals surface area contributed by atoms with Crippen LogP contribution in [0.5, 0.6) is 0 Å². The van der Waals surface area contributed by atoms with Crippen molar-refractivity contribution < 1.29 is 80.2 Å². The van der Waals surface area contributed by atoms with Crippen LogP contribution in [0.2, 0.25) is 0 Å². The van der Waals surface area contributed by atoms with Crippen LogP contribution in [0.4, 0.5) is 0 Å². The molecule has 0 aromatic carbocycles. The predicted octanol–water partition coefficient (Wildman–Crippen LogP) is 23.3. The summed E-state index contributed by atoms with van der Waals surface area (Å²) in [5, 5.41) is 10.6. The molecule has 0 aliphatic rings. The second-order valence-electron chi connectivity index (χ2n) is 26.6. The molecule has 0 saturated heterocycles. The lowest BCUT2D eigenvalue weighted by molar-refractivity contribution is -0.161. The lowest BCUT2D eigenvalue weighted by atomic mass is 10.1. The first-order valence-electron chi connectivity index (χ1n) is 40.1. The van der Waals surface area contributed by atoms with Gasteiger partial charge in [0.05, 0.1) is 26.4 Å². The fourth-order valence-electron chi connectivity index (χ4n) is 10.6. The smallest absolute Gasteiger partial charge is 0.462 e. The summed E-state index contributed by atoms with van der Waals surface area (Å²) in [7, 11) is -9.97. The Hall–Kier alpha value is -4.28. The average molecular weight is 1480 g/mol. The number of esters is 4. The Balaban J connectivity index is 5.37. The highest BCUT2D eigenvalue weighted by molar-refractivity contribution is 7.47. The Bertz CT molecular complexity index is 2360. The number of aliphatic hydroxyl groups is 1. The van der Waals surface area contributed by atoms with E-state index in [0.29, 0.717) is 25.7 Å². The molecule has 0 aliphatic heterocycles. The van der Waals surface area contributed by atoms with Crippen molar-refractivity contribution >= 4 is 39.5 Å². The third-order valence-electron chi connectivity index (χ3n) is 16.7. The number of phosphoric ester groups is 2. The Morgan fingerprint density at radius 2 is 0.510 bits per heavy atom. The number of rotatable bonds is 75. The molecule has 3 N–H and O–H groups in total. The van der Waals surface area contributed by atoms with Crippen LogP contribution in [0.3, 0.4) is 0 Å². The van der Waals surface area contributed by atoms with Crippen LogP contribution in [0.25, 0.3) is 0 Å². The Kier molecular flexibility index (Phi) is 71.8. The summed E-state index contributed by atoms with van der Waals surface area (Å²) in [4.78, 5) is 73.0. The molecule has 19 heteroatoms. The Morgan fingerprint density at radius 3 is 0.804 bits per heavy atom. The number of hydrogen-bond donors (Lipinski definition) is 3. The molecule has 17 nitrogen and oxygen atoms in total. The van der Waals surface area contributed by atoms with Gasteiger partial charge < -0.3 is 33.8 Å². The molecule has 5 atom stereocenters. The number of carbonyl (C=O) groups excluding carboxylic acids is 4. The topological polar surface area (TPSA) is 237 Å². The van der Waals surface area contributed by atoms with E-state index in [2.05, 4.69) is 137 Å². The average Bonchev–Trinajstić information content (AvgIpc) is 0.924. The number of phosphoric acid groups is 2. The number of ether oxygens (including phenoxy) is 4. The van der Waals surface area contributed by atoms with Gasteiger partial charge in [-0.2, -0.15) is 0 Å². The van der Waals surface area contributed by atoms with Gasteiger partial charge in [0, 0.05) is 25.7 Å². The minimum Gasteiger partial charge on any atom is -0.462 e. The van der Waals surface area contributed by atoms with Crippen molar-refractivity contribution in [2.24, 2.45) is 0 Å². The second-order valence-corrected chi connectivity index (χ2v) is 29.5. The number of aliphatic hydroxyl groups excluding tert-OH is 1. The van der Waals surface area contributed by atoms with Crippen molar-refractivity contribution in [1.82, 2.24) is 0 Å². The molecular weight excluding hydrogens is 1330 g/mol. The molecule has 102 heavy (non-hydrogen) atoms. The van der Waals surface area contributed by atoms with Gasteiger partial charge in [-0.05, 0) is 148 Å². The van der Waals surface area contributed by atoms with Gasteiger partial charge in [-0.1, -0.05) is 272 Å². The Labute approximate surface area is 619 Å². The monoisotopic (exact) mass is 1470 g/mol. The van der Waals surface area contributed by atoms with Crippen LogP contribution in [-0.2, 0) is 65.4 Å². The fraction of sp³-hybridized carbons (Fsp3) is 0.735. The summed E-state index contributed by atoms with van der Waals surface area (Å²) in [6.07, 6.45) is 80.6. The van der Waals surface area contributed by atoms with Gasteiger partial charge in [0.15, 0.2) is 12.2 Å². The van der Waals surface area contributed by atoms with Gasteiger partial charge in [0.1, 0.15) is 19.3 Å². The highest BCUT2D eigenvalue weighted by Gasteiger charge is 2.30. The van der Waals surface area contributed by atoms with E-state index in [1.54, 1.807) is 0 Å². The van der Waals surface area contributed by atoms with Crippen LogP contribution < -0.4 is 0 Å². The fourth-order valence-corrected chi connectivity index (χ4v) is 12.2. The zero-order valence-corrected chi connectivity index (χ0v) is 66.0.